The zero-order valence-corrected chi connectivity index (χ0v) is 27.8. The van der Waals surface area contributed by atoms with E-state index in [9.17, 15) is 22.8 Å². The maximum Gasteiger partial charge on any atom is 0.416 e. The van der Waals surface area contributed by atoms with Crippen molar-refractivity contribution in [3.8, 4) is 5.75 Å². The third-order valence-corrected chi connectivity index (χ3v) is 8.77. The maximum absolute atomic E-state index is 14.5. The predicted molar refractivity (Wildman–Crippen MR) is 176 cm³/mol. The van der Waals surface area contributed by atoms with E-state index < -0.39 is 35.6 Å². The van der Waals surface area contributed by atoms with Gasteiger partial charge in [-0.3, -0.25) is 24.4 Å². The number of halogens is 5. The van der Waals surface area contributed by atoms with Crippen LogP contribution in [0.1, 0.15) is 41.3 Å². The molecular weight excluding hydrogens is 654 g/mol. The van der Waals surface area contributed by atoms with Crippen molar-refractivity contribution in [2.24, 2.45) is 4.99 Å². The van der Waals surface area contributed by atoms with Gasteiger partial charge in [0.1, 0.15) is 17.6 Å². The lowest BCUT2D eigenvalue weighted by Gasteiger charge is -2.36. The third kappa shape index (κ3) is 7.92. The molecule has 2 amide bonds. The highest BCUT2D eigenvalue weighted by Gasteiger charge is 2.46. The Bertz CT molecular complexity index is 1610. The average molecular weight is 691 g/mol. The van der Waals surface area contributed by atoms with E-state index in [0.29, 0.717) is 47.4 Å². The standard InChI is InChI=1S/C34H36Cl2F3N5O3/c1-4-47-28-21-24(34(37,38)39)9-14-27(28)31-40-29(22-5-10-25(35)11-6-22)30(23-7-12-26(36)13-8-23)44(31)33(46)32(45)43-19-17-42(18-20-43)16-15-41(2)3/h5-14,21,29-30H,4,15-20H2,1-3H3. The molecule has 2 aliphatic rings. The Hall–Kier alpha value is -3.64. The van der Waals surface area contributed by atoms with Gasteiger partial charge in [0.15, 0.2) is 0 Å². The molecule has 2 unspecified atom stereocenters. The van der Waals surface area contributed by atoms with Gasteiger partial charge in [-0.25, -0.2) is 0 Å². The van der Waals surface area contributed by atoms with Crippen LogP contribution in [-0.2, 0) is 15.8 Å². The van der Waals surface area contributed by atoms with E-state index in [0.717, 1.165) is 25.2 Å². The number of carbonyl (C=O) groups is 2. The topological polar surface area (TPSA) is 68.7 Å². The number of rotatable bonds is 8. The molecule has 2 aliphatic heterocycles. The fourth-order valence-electron chi connectivity index (χ4n) is 5.78. The maximum atomic E-state index is 14.5. The summed E-state index contributed by atoms with van der Waals surface area (Å²) in [5.41, 5.74) is 0.569. The second-order valence-corrected chi connectivity index (χ2v) is 12.6. The summed E-state index contributed by atoms with van der Waals surface area (Å²) in [4.78, 5) is 40.6. The molecular formula is C34H36Cl2F3N5O3. The molecule has 3 aromatic carbocycles. The Labute approximate surface area is 282 Å². The highest BCUT2D eigenvalue weighted by Crippen LogP contribution is 2.46. The number of likely N-dealkylation sites (N-methyl/N-ethyl adjacent to an activating group) is 1. The second kappa shape index (κ2) is 14.6. The lowest BCUT2D eigenvalue weighted by molar-refractivity contribution is -0.151. The Morgan fingerprint density at radius 2 is 1.49 bits per heavy atom. The number of carbonyl (C=O) groups excluding carboxylic acids is 2. The Kier molecular flexibility index (Phi) is 10.8. The number of ether oxygens (including phenoxy) is 1. The first-order valence-corrected chi connectivity index (χ1v) is 16.1. The van der Waals surface area contributed by atoms with Gasteiger partial charge in [0.05, 0.1) is 23.8 Å². The summed E-state index contributed by atoms with van der Waals surface area (Å²) in [5, 5.41) is 0.964. The summed E-state index contributed by atoms with van der Waals surface area (Å²) in [5.74, 6) is -1.63. The van der Waals surface area contributed by atoms with E-state index >= 15 is 0 Å². The summed E-state index contributed by atoms with van der Waals surface area (Å²) in [7, 11) is 3.99. The van der Waals surface area contributed by atoms with Gasteiger partial charge >= 0.3 is 18.0 Å². The van der Waals surface area contributed by atoms with Crippen LogP contribution in [0.5, 0.6) is 5.75 Å². The number of amides is 2. The summed E-state index contributed by atoms with van der Waals surface area (Å²) in [6, 6.07) is 15.3. The molecule has 13 heteroatoms. The number of aliphatic imine (C=N–C) groups is 1. The second-order valence-electron chi connectivity index (χ2n) is 11.7. The highest BCUT2D eigenvalue weighted by molar-refractivity contribution is 6.39. The molecule has 3 aromatic rings. The van der Waals surface area contributed by atoms with Gasteiger partial charge in [-0.05, 0) is 74.6 Å². The van der Waals surface area contributed by atoms with Gasteiger partial charge < -0.3 is 14.5 Å². The van der Waals surface area contributed by atoms with Crippen molar-refractivity contribution in [1.82, 2.24) is 19.6 Å². The van der Waals surface area contributed by atoms with Crippen molar-refractivity contribution in [2.45, 2.75) is 25.2 Å². The highest BCUT2D eigenvalue weighted by atomic mass is 35.5. The minimum Gasteiger partial charge on any atom is -0.493 e. The summed E-state index contributed by atoms with van der Waals surface area (Å²) < 4.78 is 47.0. The normalized spacial score (nSPS) is 18.9. The average Bonchev–Trinajstić information content (AvgIpc) is 3.44. The van der Waals surface area contributed by atoms with E-state index in [2.05, 4.69) is 9.80 Å². The molecule has 0 radical (unpaired) electrons. The van der Waals surface area contributed by atoms with Gasteiger partial charge in [-0.1, -0.05) is 47.5 Å². The zero-order chi connectivity index (χ0) is 33.9. The van der Waals surface area contributed by atoms with Crippen LogP contribution in [0.4, 0.5) is 13.2 Å². The van der Waals surface area contributed by atoms with E-state index in [1.54, 1.807) is 55.5 Å². The van der Waals surface area contributed by atoms with Crippen molar-refractivity contribution in [3.63, 3.8) is 0 Å². The number of piperazine rings is 1. The number of nitrogens with zero attached hydrogens (tertiary/aromatic N) is 5. The summed E-state index contributed by atoms with van der Waals surface area (Å²) in [6.45, 7) is 5.34. The lowest BCUT2D eigenvalue weighted by atomic mass is 9.93. The molecule has 0 saturated carbocycles. The first kappa shape index (κ1) is 34.7. The van der Waals surface area contributed by atoms with Gasteiger partial charge in [0.25, 0.3) is 0 Å². The van der Waals surface area contributed by atoms with Gasteiger partial charge in [-0.15, -0.1) is 0 Å². The number of hydrogen-bond donors (Lipinski definition) is 0. The van der Waals surface area contributed by atoms with Crippen LogP contribution in [0.2, 0.25) is 10.0 Å². The minimum atomic E-state index is -4.63. The molecule has 2 heterocycles. The fourth-order valence-corrected chi connectivity index (χ4v) is 6.03. The quantitative estimate of drug-likeness (QED) is 0.264. The van der Waals surface area contributed by atoms with Crippen LogP contribution in [0.25, 0.3) is 0 Å². The molecule has 0 bridgehead atoms. The Balaban J connectivity index is 1.60. The molecule has 250 valence electrons. The zero-order valence-electron chi connectivity index (χ0n) is 26.3. The van der Waals surface area contributed by atoms with Crippen LogP contribution in [-0.4, -0.2) is 97.2 Å². The predicted octanol–water partition coefficient (Wildman–Crippen LogP) is 6.19. The fraction of sp³-hybridized carbons (Fsp3) is 0.382. The molecule has 0 N–H and O–H groups in total. The van der Waals surface area contributed by atoms with E-state index in [4.69, 9.17) is 32.9 Å². The van der Waals surface area contributed by atoms with Crippen molar-refractivity contribution < 1.29 is 27.5 Å². The molecule has 0 spiro atoms. The number of alkyl halides is 3. The smallest absolute Gasteiger partial charge is 0.416 e. The summed E-state index contributed by atoms with van der Waals surface area (Å²) in [6.07, 6.45) is -4.63. The Morgan fingerprint density at radius 1 is 0.894 bits per heavy atom. The monoisotopic (exact) mass is 689 g/mol. The van der Waals surface area contributed by atoms with Crippen molar-refractivity contribution in [1.29, 1.82) is 0 Å². The lowest BCUT2D eigenvalue weighted by Crippen LogP contribution is -2.54. The molecule has 1 saturated heterocycles. The van der Waals surface area contributed by atoms with Crippen LogP contribution < -0.4 is 4.74 Å². The molecule has 2 atom stereocenters. The third-order valence-electron chi connectivity index (χ3n) is 8.26. The van der Waals surface area contributed by atoms with Crippen molar-refractivity contribution in [2.75, 3.05) is 60.0 Å². The van der Waals surface area contributed by atoms with E-state index in [-0.39, 0.29) is 23.8 Å². The SMILES string of the molecule is CCOc1cc(C(F)(F)F)ccc1C1=NC(c2ccc(Cl)cc2)C(c2ccc(Cl)cc2)N1C(=O)C(=O)N1CCN(CCN(C)C)CC1. The molecule has 0 aliphatic carbocycles. The molecule has 47 heavy (non-hydrogen) atoms. The van der Waals surface area contributed by atoms with Crippen LogP contribution in [0.15, 0.2) is 71.7 Å². The van der Waals surface area contributed by atoms with Gasteiger partial charge in [0, 0.05) is 49.3 Å². The van der Waals surface area contributed by atoms with Crippen LogP contribution in [0.3, 0.4) is 0 Å². The first-order valence-electron chi connectivity index (χ1n) is 15.3. The molecule has 1 fully saturated rings. The molecule has 0 aromatic heterocycles. The largest absolute Gasteiger partial charge is 0.493 e. The Morgan fingerprint density at radius 3 is 2.04 bits per heavy atom. The first-order chi connectivity index (χ1) is 22.4. The summed E-state index contributed by atoms with van der Waals surface area (Å²) >= 11 is 12.4. The minimum absolute atomic E-state index is 0.0324. The van der Waals surface area contributed by atoms with Crippen molar-refractivity contribution >= 4 is 40.9 Å². The van der Waals surface area contributed by atoms with Crippen LogP contribution >= 0.6 is 23.2 Å². The van der Waals surface area contributed by atoms with Crippen LogP contribution in [0, 0.1) is 0 Å². The van der Waals surface area contributed by atoms with E-state index in [1.165, 1.54) is 15.9 Å². The van der Waals surface area contributed by atoms with Gasteiger partial charge in [-0.2, -0.15) is 13.2 Å². The van der Waals surface area contributed by atoms with Crippen molar-refractivity contribution in [3.05, 3.63) is 99.0 Å². The molecule has 8 nitrogen and oxygen atoms in total. The number of hydrogen-bond acceptors (Lipinski definition) is 6. The number of amidine groups is 1. The number of benzene rings is 3. The molecule has 5 rings (SSSR count). The van der Waals surface area contributed by atoms with E-state index in [1.807, 2.05) is 14.1 Å². The van der Waals surface area contributed by atoms with Gasteiger partial charge in [0.2, 0.25) is 0 Å².